The van der Waals surface area contributed by atoms with E-state index in [1.165, 1.54) is 0 Å². The number of benzene rings is 1. The van der Waals surface area contributed by atoms with Crippen molar-refractivity contribution in [3.8, 4) is 11.8 Å². The van der Waals surface area contributed by atoms with E-state index in [0.717, 1.165) is 0 Å². The van der Waals surface area contributed by atoms with Gasteiger partial charge < -0.3 is 19.9 Å². The van der Waals surface area contributed by atoms with Gasteiger partial charge >= 0.3 is 5.97 Å². The predicted octanol–water partition coefficient (Wildman–Crippen LogP) is 2.73. The number of nitriles is 1. The molecule has 6 heteroatoms. The van der Waals surface area contributed by atoms with Crippen LogP contribution in [-0.2, 0) is 14.3 Å². The van der Waals surface area contributed by atoms with Crippen LogP contribution in [0.1, 0.15) is 31.7 Å². The zero-order chi connectivity index (χ0) is 17.7. The van der Waals surface area contributed by atoms with Gasteiger partial charge in [0.2, 0.25) is 5.88 Å². The summed E-state index contributed by atoms with van der Waals surface area (Å²) in [6, 6.07) is 9.23. The van der Waals surface area contributed by atoms with Crippen molar-refractivity contribution < 1.29 is 19.0 Å². The molecule has 1 aromatic rings. The highest BCUT2D eigenvalue weighted by atomic mass is 16.5. The monoisotopic (exact) mass is 328 g/mol. The molecule has 1 aliphatic heterocycles. The summed E-state index contributed by atoms with van der Waals surface area (Å²) in [6.45, 7) is 3.80. The van der Waals surface area contributed by atoms with E-state index >= 15 is 0 Å². The zero-order valence-corrected chi connectivity index (χ0v) is 14.0. The Morgan fingerprint density at radius 1 is 1.42 bits per heavy atom. The second-order valence-electron chi connectivity index (χ2n) is 5.11. The second-order valence-corrected chi connectivity index (χ2v) is 5.11. The summed E-state index contributed by atoms with van der Waals surface area (Å²) in [7, 11) is 1.55. The van der Waals surface area contributed by atoms with Gasteiger partial charge in [-0.15, -0.1) is 0 Å². The number of nitrogens with two attached hydrogens (primary N) is 1. The molecule has 0 amide bonds. The van der Waals surface area contributed by atoms with E-state index in [1.807, 2.05) is 13.0 Å². The number of esters is 1. The molecule has 1 aliphatic rings. The van der Waals surface area contributed by atoms with Crippen LogP contribution in [0.2, 0.25) is 0 Å². The Bertz CT molecular complexity index is 744. The summed E-state index contributed by atoms with van der Waals surface area (Å²) in [6.07, 6.45) is 0.452. The molecule has 0 unspecified atom stereocenters. The molecule has 1 heterocycles. The van der Waals surface area contributed by atoms with E-state index < -0.39 is 11.9 Å². The van der Waals surface area contributed by atoms with Crippen molar-refractivity contribution in [3.63, 3.8) is 0 Å². The lowest BCUT2D eigenvalue weighted by molar-refractivity contribution is -0.139. The first kappa shape index (κ1) is 17.4. The van der Waals surface area contributed by atoms with Gasteiger partial charge in [0.15, 0.2) is 0 Å². The molecule has 2 N–H and O–H groups in total. The maximum Gasteiger partial charge on any atom is 0.338 e. The Hall–Kier alpha value is -2.94. The fourth-order valence-electron chi connectivity index (χ4n) is 2.67. The van der Waals surface area contributed by atoms with Crippen LogP contribution in [0.5, 0.6) is 5.75 Å². The number of ether oxygens (including phenoxy) is 3. The molecule has 0 spiro atoms. The van der Waals surface area contributed by atoms with Gasteiger partial charge in [0.1, 0.15) is 23.2 Å². The largest absolute Gasteiger partial charge is 0.497 e. The standard InChI is InChI=1S/C18H20N2O4/c1-4-14-16(18(21)23-5-2)15(13(10-19)17(20)24-14)11-7-6-8-12(9-11)22-3/h6-9,15H,4-5,20H2,1-3H3/t15-/m1/s1. The third kappa shape index (κ3) is 3.20. The Labute approximate surface area is 141 Å². The molecule has 6 nitrogen and oxygen atoms in total. The van der Waals surface area contributed by atoms with Gasteiger partial charge in [-0.05, 0) is 24.6 Å². The molecular weight excluding hydrogens is 308 g/mol. The molecule has 24 heavy (non-hydrogen) atoms. The maximum absolute atomic E-state index is 12.5. The van der Waals surface area contributed by atoms with Crippen molar-refractivity contribution in [1.82, 2.24) is 0 Å². The molecule has 0 aromatic heterocycles. The van der Waals surface area contributed by atoms with Gasteiger partial charge in [-0.2, -0.15) is 5.26 Å². The number of methoxy groups -OCH3 is 1. The Morgan fingerprint density at radius 3 is 2.75 bits per heavy atom. The minimum absolute atomic E-state index is 0.00946. The summed E-state index contributed by atoms with van der Waals surface area (Å²) in [5, 5.41) is 9.53. The normalized spacial score (nSPS) is 17.2. The molecule has 1 atom stereocenters. The third-order valence-electron chi connectivity index (χ3n) is 3.74. The van der Waals surface area contributed by atoms with Crippen LogP contribution in [-0.4, -0.2) is 19.7 Å². The lowest BCUT2D eigenvalue weighted by atomic mass is 9.82. The van der Waals surface area contributed by atoms with E-state index in [4.69, 9.17) is 19.9 Å². The molecule has 0 aliphatic carbocycles. The Kier molecular flexibility index (Phi) is 5.48. The highest BCUT2D eigenvalue weighted by molar-refractivity contribution is 5.92. The second kappa shape index (κ2) is 7.55. The van der Waals surface area contributed by atoms with Crippen LogP contribution in [0.3, 0.4) is 0 Å². The quantitative estimate of drug-likeness (QED) is 0.835. The van der Waals surface area contributed by atoms with Crippen LogP contribution in [0.4, 0.5) is 0 Å². The molecular formula is C18H20N2O4. The van der Waals surface area contributed by atoms with Gasteiger partial charge in [0.05, 0.1) is 25.2 Å². The molecule has 2 rings (SSSR count). The van der Waals surface area contributed by atoms with E-state index in [-0.39, 0.29) is 18.1 Å². The summed E-state index contributed by atoms with van der Waals surface area (Å²) in [5.41, 5.74) is 7.11. The molecule has 0 fully saturated rings. The minimum atomic E-state index is -0.646. The first-order valence-corrected chi connectivity index (χ1v) is 7.68. The Morgan fingerprint density at radius 2 is 2.17 bits per heavy atom. The summed E-state index contributed by atoms with van der Waals surface area (Å²) in [5.74, 6) is -0.112. The van der Waals surface area contributed by atoms with Gasteiger partial charge in [-0.1, -0.05) is 19.1 Å². The third-order valence-corrected chi connectivity index (χ3v) is 3.74. The van der Waals surface area contributed by atoms with Crippen molar-refractivity contribution in [2.75, 3.05) is 13.7 Å². The number of carbonyl (C=O) groups is 1. The molecule has 0 saturated carbocycles. The SMILES string of the molecule is CCOC(=O)C1=C(CC)OC(N)=C(C#N)[C@H]1c1cccc(OC)c1. The summed E-state index contributed by atoms with van der Waals surface area (Å²) in [4.78, 5) is 12.5. The number of carbonyl (C=O) groups excluding carboxylic acids is 1. The van der Waals surface area contributed by atoms with E-state index in [1.54, 1.807) is 32.2 Å². The number of nitrogens with zero attached hydrogens (tertiary/aromatic N) is 1. The first-order chi connectivity index (χ1) is 11.6. The predicted molar refractivity (Wildman–Crippen MR) is 87.6 cm³/mol. The highest BCUT2D eigenvalue weighted by Gasteiger charge is 2.37. The topological polar surface area (TPSA) is 94.6 Å². The molecule has 1 aromatic carbocycles. The van der Waals surface area contributed by atoms with E-state index in [9.17, 15) is 10.1 Å². The minimum Gasteiger partial charge on any atom is -0.497 e. The smallest absolute Gasteiger partial charge is 0.338 e. The fraction of sp³-hybridized carbons (Fsp3) is 0.333. The van der Waals surface area contributed by atoms with E-state index in [0.29, 0.717) is 29.1 Å². The number of allylic oxidation sites excluding steroid dienone is 2. The van der Waals surface area contributed by atoms with Crippen molar-refractivity contribution >= 4 is 5.97 Å². The van der Waals surface area contributed by atoms with E-state index in [2.05, 4.69) is 6.07 Å². The molecule has 126 valence electrons. The number of hydrogen-bond acceptors (Lipinski definition) is 6. The van der Waals surface area contributed by atoms with Crippen molar-refractivity contribution in [2.24, 2.45) is 5.73 Å². The van der Waals surface area contributed by atoms with Crippen molar-refractivity contribution in [2.45, 2.75) is 26.2 Å². The fourth-order valence-corrected chi connectivity index (χ4v) is 2.67. The van der Waals surface area contributed by atoms with Crippen LogP contribution in [0.15, 0.2) is 47.1 Å². The Balaban J connectivity index is 2.65. The summed E-state index contributed by atoms with van der Waals surface area (Å²) >= 11 is 0. The van der Waals surface area contributed by atoms with Crippen LogP contribution < -0.4 is 10.5 Å². The maximum atomic E-state index is 12.5. The van der Waals surface area contributed by atoms with Gasteiger partial charge in [-0.3, -0.25) is 0 Å². The lowest BCUT2D eigenvalue weighted by Crippen LogP contribution is -2.26. The molecule has 0 radical (unpaired) electrons. The van der Waals surface area contributed by atoms with Crippen molar-refractivity contribution in [1.29, 1.82) is 5.26 Å². The highest BCUT2D eigenvalue weighted by Crippen LogP contribution is 2.41. The van der Waals surface area contributed by atoms with Crippen LogP contribution in [0.25, 0.3) is 0 Å². The number of hydrogen-bond donors (Lipinski definition) is 1. The lowest BCUT2D eigenvalue weighted by Gasteiger charge is -2.28. The van der Waals surface area contributed by atoms with Crippen LogP contribution in [0, 0.1) is 11.3 Å². The van der Waals surface area contributed by atoms with Gasteiger partial charge in [0.25, 0.3) is 0 Å². The first-order valence-electron chi connectivity index (χ1n) is 7.68. The number of rotatable bonds is 5. The molecule has 0 bridgehead atoms. The van der Waals surface area contributed by atoms with Crippen molar-refractivity contribution in [3.05, 3.63) is 52.6 Å². The van der Waals surface area contributed by atoms with Gasteiger partial charge in [-0.25, -0.2) is 4.79 Å². The molecule has 0 saturated heterocycles. The average molecular weight is 328 g/mol. The van der Waals surface area contributed by atoms with Gasteiger partial charge in [0, 0.05) is 6.42 Å². The zero-order valence-electron chi connectivity index (χ0n) is 14.0. The average Bonchev–Trinajstić information content (AvgIpc) is 2.60. The summed E-state index contributed by atoms with van der Waals surface area (Å²) < 4.78 is 15.9. The van der Waals surface area contributed by atoms with Crippen LogP contribution >= 0.6 is 0 Å².